The summed E-state index contributed by atoms with van der Waals surface area (Å²) in [4.78, 5) is 36.0. The summed E-state index contributed by atoms with van der Waals surface area (Å²) < 4.78 is 0. The number of carbonyl (C=O) groups is 3. The molecule has 0 heterocycles. The van der Waals surface area contributed by atoms with Crippen LogP contribution < -0.4 is 0 Å². The lowest BCUT2D eigenvalue weighted by molar-refractivity contribution is -0.138. The van der Waals surface area contributed by atoms with E-state index in [0.29, 0.717) is 5.56 Å². The fraction of sp³-hybridized carbons (Fsp3) is 0.250. The summed E-state index contributed by atoms with van der Waals surface area (Å²) in [5, 5.41) is 8.62. The lowest BCUT2D eigenvalue weighted by Gasteiger charge is -2.15. The molecule has 0 aliphatic carbocycles. The second-order valence-corrected chi connectivity index (χ2v) is 5.83. The fourth-order valence-corrected chi connectivity index (χ4v) is 2.42. The highest BCUT2D eigenvalue weighted by Crippen LogP contribution is 2.20. The van der Waals surface area contributed by atoms with E-state index in [1.165, 1.54) is 4.90 Å². The zero-order valence-corrected chi connectivity index (χ0v) is 14.1. The summed E-state index contributed by atoms with van der Waals surface area (Å²) in [7, 11) is 1.55. The van der Waals surface area contributed by atoms with Crippen molar-refractivity contribution in [1.82, 2.24) is 4.90 Å². The third kappa shape index (κ3) is 5.57. The van der Waals surface area contributed by atoms with E-state index in [1.807, 2.05) is 42.5 Å². The van der Waals surface area contributed by atoms with Crippen LogP contribution in [0.15, 0.2) is 54.6 Å². The topological polar surface area (TPSA) is 74.7 Å². The minimum absolute atomic E-state index is 0.0788. The first-order chi connectivity index (χ1) is 12.0. The molecule has 5 nitrogen and oxygen atoms in total. The second-order valence-electron chi connectivity index (χ2n) is 5.83. The molecule has 0 saturated carbocycles. The lowest BCUT2D eigenvalue weighted by Crippen LogP contribution is -2.29. The van der Waals surface area contributed by atoms with Gasteiger partial charge in [-0.15, -0.1) is 0 Å². The largest absolute Gasteiger partial charge is 0.481 e. The van der Waals surface area contributed by atoms with E-state index < -0.39 is 5.97 Å². The molecule has 1 N–H and O–H groups in total. The fourth-order valence-electron chi connectivity index (χ4n) is 2.42. The minimum atomic E-state index is -0.950. The van der Waals surface area contributed by atoms with Gasteiger partial charge in [0.1, 0.15) is 0 Å². The number of nitrogens with zero attached hydrogens (tertiary/aromatic N) is 1. The molecule has 0 radical (unpaired) electrons. The molecule has 0 unspecified atom stereocenters. The Hall–Kier alpha value is -2.95. The molecular formula is C20H21NO4. The number of rotatable bonds is 8. The normalized spacial score (nSPS) is 10.3. The Bertz CT molecular complexity index is 738. The summed E-state index contributed by atoms with van der Waals surface area (Å²) in [6, 6.07) is 17.2. The first-order valence-corrected chi connectivity index (χ1v) is 8.12. The Kier molecular flexibility index (Phi) is 6.46. The average Bonchev–Trinajstić information content (AvgIpc) is 2.64. The number of aliphatic carboxylic acids is 1. The third-order valence-corrected chi connectivity index (χ3v) is 3.97. The molecule has 0 aromatic heterocycles. The van der Waals surface area contributed by atoms with E-state index in [2.05, 4.69) is 0 Å². The van der Waals surface area contributed by atoms with E-state index in [0.717, 1.165) is 11.1 Å². The Labute approximate surface area is 146 Å². The summed E-state index contributed by atoms with van der Waals surface area (Å²) in [6.07, 6.45) is 0.0907. The van der Waals surface area contributed by atoms with Crippen LogP contribution >= 0.6 is 0 Å². The minimum Gasteiger partial charge on any atom is -0.481 e. The molecule has 2 rings (SSSR count). The van der Waals surface area contributed by atoms with Crippen molar-refractivity contribution in [2.45, 2.75) is 19.3 Å². The molecule has 5 heteroatoms. The van der Waals surface area contributed by atoms with Crippen molar-refractivity contribution < 1.29 is 19.5 Å². The SMILES string of the molecule is CN(CCC(=O)O)C(=O)CCC(=O)c1ccc(-c2ccccc2)cc1. The van der Waals surface area contributed by atoms with E-state index in [1.54, 1.807) is 19.2 Å². The van der Waals surface area contributed by atoms with Crippen LogP contribution in [0.1, 0.15) is 29.6 Å². The number of Topliss-reactive ketones (excluding diaryl/α,β-unsaturated/α-hetero) is 1. The monoisotopic (exact) mass is 339 g/mol. The van der Waals surface area contributed by atoms with Gasteiger partial charge >= 0.3 is 5.97 Å². The molecular weight excluding hydrogens is 318 g/mol. The van der Waals surface area contributed by atoms with Crippen LogP contribution in [-0.4, -0.2) is 41.3 Å². The maximum Gasteiger partial charge on any atom is 0.305 e. The highest BCUT2D eigenvalue weighted by Gasteiger charge is 2.13. The van der Waals surface area contributed by atoms with Gasteiger partial charge < -0.3 is 10.0 Å². The van der Waals surface area contributed by atoms with Crippen molar-refractivity contribution in [2.24, 2.45) is 0 Å². The van der Waals surface area contributed by atoms with Crippen LogP contribution in [0.2, 0.25) is 0 Å². The van der Waals surface area contributed by atoms with E-state index in [9.17, 15) is 14.4 Å². The first-order valence-electron chi connectivity index (χ1n) is 8.12. The van der Waals surface area contributed by atoms with Crippen LogP contribution in [0.5, 0.6) is 0 Å². The van der Waals surface area contributed by atoms with Crippen LogP contribution in [0, 0.1) is 0 Å². The molecule has 130 valence electrons. The van der Waals surface area contributed by atoms with Crippen molar-refractivity contribution in [3.8, 4) is 11.1 Å². The number of ketones is 1. The van der Waals surface area contributed by atoms with Crippen molar-refractivity contribution in [1.29, 1.82) is 0 Å². The predicted molar refractivity (Wildman–Crippen MR) is 95.3 cm³/mol. The van der Waals surface area contributed by atoms with Gasteiger partial charge in [0.05, 0.1) is 6.42 Å². The second kappa shape index (κ2) is 8.78. The van der Waals surface area contributed by atoms with Crippen LogP contribution in [0.3, 0.4) is 0 Å². The number of carboxylic acid groups (broad SMARTS) is 1. The van der Waals surface area contributed by atoms with Crippen molar-refractivity contribution in [3.63, 3.8) is 0 Å². The number of amides is 1. The summed E-state index contributed by atoms with van der Waals surface area (Å²) in [6.45, 7) is 0.147. The number of carboxylic acids is 1. The van der Waals surface area contributed by atoms with Gasteiger partial charge in [-0.2, -0.15) is 0 Å². The summed E-state index contributed by atoms with van der Waals surface area (Å²) in [5.74, 6) is -1.27. The van der Waals surface area contributed by atoms with E-state index >= 15 is 0 Å². The van der Waals surface area contributed by atoms with Gasteiger partial charge in [0.25, 0.3) is 0 Å². The van der Waals surface area contributed by atoms with Gasteiger partial charge in [0.15, 0.2) is 5.78 Å². The van der Waals surface area contributed by atoms with Crippen molar-refractivity contribution in [3.05, 3.63) is 60.2 Å². The molecule has 0 atom stereocenters. The molecule has 0 aliphatic rings. The maximum atomic E-state index is 12.2. The number of hydrogen-bond donors (Lipinski definition) is 1. The molecule has 0 fully saturated rings. The number of benzene rings is 2. The van der Waals surface area contributed by atoms with Crippen LogP contribution in [-0.2, 0) is 9.59 Å². The molecule has 1 amide bonds. The van der Waals surface area contributed by atoms with Gasteiger partial charge in [-0.05, 0) is 11.1 Å². The molecule has 25 heavy (non-hydrogen) atoms. The maximum absolute atomic E-state index is 12.2. The van der Waals surface area contributed by atoms with Crippen molar-refractivity contribution in [2.75, 3.05) is 13.6 Å². The van der Waals surface area contributed by atoms with Gasteiger partial charge in [0.2, 0.25) is 5.91 Å². The smallest absolute Gasteiger partial charge is 0.305 e. The highest BCUT2D eigenvalue weighted by atomic mass is 16.4. The molecule has 0 aliphatic heterocycles. The summed E-state index contributed by atoms with van der Waals surface area (Å²) in [5.41, 5.74) is 2.68. The zero-order chi connectivity index (χ0) is 18.2. The number of hydrogen-bond acceptors (Lipinski definition) is 3. The van der Waals surface area contributed by atoms with Crippen LogP contribution in [0.25, 0.3) is 11.1 Å². The van der Waals surface area contributed by atoms with E-state index in [-0.39, 0.29) is 37.5 Å². The molecule has 0 saturated heterocycles. The summed E-state index contributed by atoms with van der Waals surface area (Å²) >= 11 is 0. The molecule has 2 aromatic carbocycles. The molecule has 2 aromatic rings. The van der Waals surface area contributed by atoms with Gasteiger partial charge in [-0.1, -0.05) is 54.6 Å². The predicted octanol–water partition coefficient (Wildman–Crippen LogP) is 3.25. The zero-order valence-electron chi connectivity index (χ0n) is 14.1. The Balaban J connectivity index is 1.88. The Morgan fingerprint density at radius 3 is 2.04 bits per heavy atom. The van der Waals surface area contributed by atoms with Gasteiger partial charge in [-0.3, -0.25) is 14.4 Å². The van der Waals surface area contributed by atoms with Gasteiger partial charge in [0, 0.05) is 32.0 Å². The quantitative estimate of drug-likeness (QED) is 0.749. The Morgan fingerprint density at radius 1 is 0.840 bits per heavy atom. The number of carbonyl (C=O) groups excluding carboxylic acids is 2. The molecule has 0 bridgehead atoms. The third-order valence-electron chi connectivity index (χ3n) is 3.97. The van der Waals surface area contributed by atoms with Gasteiger partial charge in [-0.25, -0.2) is 0 Å². The van der Waals surface area contributed by atoms with E-state index in [4.69, 9.17) is 5.11 Å². The van der Waals surface area contributed by atoms with Crippen LogP contribution in [0.4, 0.5) is 0 Å². The standard InChI is InChI=1S/C20H21NO4/c1-21(14-13-20(24)25)19(23)12-11-18(22)17-9-7-16(8-10-17)15-5-3-2-4-6-15/h2-10H,11-14H2,1H3,(H,24,25). The lowest BCUT2D eigenvalue weighted by atomic mass is 10.0. The first kappa shape index (κ1) is 18.4. The highest BCUT2D eigenvalue weighted by molar-refractivity contribution is 5.98. The molecule has 0 spiro atoms. The Morgan fingerprint density at radius 2 is 1.44 bits per heavy atom. The van der Waals surface area contributed by atoms with Crippen molar-refractivity contribution >= 4 is 17.7 Å². The average molecular weight is 339 g/mol.